The molecule has 3 rings (SSSR count). The summed E-state index contributed by atoms with van der Waals surface area (Å²) in [6.07, 6.45) is 9.23. The highest BCUT2D eigenvalue weighted by atomic mass is 15.1. The average Bonchev–Trinajstić information content (AvgIpc) is 2.94. The average molecular weight is 228 g/mol. The van der Waals surface area contributed by atoms with E-state index < -0.39 is 0 Å². The van der Waals surface area contributed by atoms with Gasteiger partial charge in [0.05, 0.1) is 5.39 Å². The maximum atomic E-state index is 5.84. The van der Waals surface area contributed by atoms with Gasteiger partial charge in [-0.2, -0.15) is 0 Å². The van der Waals surface area contributed by atoms with Gasteiger partial charge in [0.25, 0.3) is 0 Å². The van der Waals surface area contributed by atoms with Crippen LogP contribution in [0.4, 0.5) is 5.82 Å². The van der Waals surface area contributed by atoms with Crippen molar-refractivity contribution in [2.45, 2.75) is 25.3 Å². The van der Waals surface area contributed by atoms with Crippen molar-refractivity contribution in [1.29, 1.82) is 0 Å². The molecule has 0 amide bonds. The summed E-state index contributed by atoms with van der Waals surface area (Å²) in [6, 6.07) is 2.52. The lowest BCUT2D eigenvalue weighted by atomic mass is 10.1. The molecule has 1 aliphatic rings. The molecule has 0 spiro atoms. The maximum Gasteiger partial charge on any atom is 0.145 e. The smallest absolute Gasteiger partial charge is 0.145 e. The number of anilines is 1. The zero-order chi connectivity index (χ0) is 11.8. The van der Waals surface area contributed by atoms with E-state index in [4.69, 9.17) is 5.73 Å². The van der Waals surface area contributed by atoms with Gasteiger partial charge in [-0.15, -0.1) is 6.58 Å². The lowest BCUT2D eigenvalue weighted by molar-refractivity contribution is 0.518. The lowest BCUT2D eigenvalue weighted by Crippen LogP contribution is -2.05. The van der Waals surface area contributed by atoms with Crippen LogP contribution in [-0.4, -0.2) is 14.5 Å². The van der Waals surface area contributed by atoms with E-state index in [2.05, 4.69) is 33.4 Å². The Morgan fingerprint density at radius 2 is 2.29 bits per heavy atom. The molecular formula is C13H16N4. The molecule has 88 valence electrons. The first kappa shape index (κ1) is 10.3. The van der Waals surface area contributed by atoms with Gasteiger partial charge in [0, 0.05) is 12.2 Å². The van der Waals surface area contributed by atoms with Crippen molar-refractivity contribution in [2.75, 3.05) is 5.73 Å². The van der Waals surface area contributed by atoms with Gasteiger partial charge in [0.15, 0.2) is 0 Å². The fourth-order valence-corrected chi connectivity index (χ4v) is 2.74. The summed E-state index contributed by atoms with van der Waals surface area (Å²) in [4.78, 5) is 8.36. The van der Waals surface area contributed by atoms with Crippen molar-refractivity contribution in [3.8, 4) is 0 Å². The third-order valence-electron chi connectivity index (χ3n) is 3.71. The molecule has 17 heavy (non-hydrogen) atoms. The topological polar surface area (TPSA) is 56.7 Å². The zero-order valence-corrected chi connectivity index (χ0v) is 9.71. The number of allylic oxidation sites excluding steroid dienone is 1. The van der Waals surface area contributed by atoms with E-state index >= 15 is 0 Å². The van der Waals surface area contributed by atoms with Crippen LogP contribution < -0.4 is 5.73 Å². The Balaban J connectivity index is 2.01. The molecule has 2 N–H and O–H groups in total. The predicted octanol–water partition coefficient (Wildman–Crippen LogP) is 2.54. The largest absolute Gasteiger partial charge is 0.383 e. The number of nitrogen functional groups attached to an aromatic ring is 1. The van der Waals surface area contributed by atoms with Gasteiger partial charge in [-0.1, -0.05) is 6.08 Å². The number of hydrogen-bond acceptors (Lipinski definition) is 3. The highest BCUT2D eigenvalue weighted by Crippen LogP contribution is 2.37. The number of nitrogens with zero attached hydrogens (tertiary/aromatic N) is 3. The Bertz CT molecular complexity index is 558. The first-order chi connectivity index (χ1) is 8.29. The first-order valence-corrected chi connectivity index (χ1v) is 5.99. The normalized spacial score (nSPS) is 24.2. The summed E-state index contributed by atoms with van der Waals surface area (Å²) in [7, 11) is 0. The first-order valence-electron chi connectivity index (χ1n) is 5.99. The number of nitrogens with two attached hydrogens (primary N) is 1. The Kier molecular flexibility index (Phi) is 2.35. The quantitative estimate of drug-likeness (QED) is 0.803. The van der Waals surface area contributed by atoms with E-state index in [-0.39, 0.29) is 0 Å². The molecule has 2 aromatic rings. The molecule has 0 aliphatic heterocycles. The van der Waals surface area contributed by atoms with Crippen LogP contribution in [0, 0.1) is 5.92 Å². The molecular weight excluding hydrogens is 212 g/mol. The molecule has 2 heterocycles. The Labute approximate surface area is 100 Å². The number of hydrogen-bond donors (Lipinski definition) is 1. The van der Waals surface area contributed by atoms with Gasteiger partial charge in [-0.05, 0) is 31.2 Å². The molecule has 4 heteroatoms. The minimum Gasteiger partial charge on any atom is -0.383 e. The molecule has 2 atom stereocenters. The highest BCUT2D eigenvalue weighted by Gasteiger charge is 2.25. The van der Waals surface area contributed by atoms with Gasteiger partial charge in [0.1, 0.15) is 17.8 Å². The van der Waals surface area contributed by atoms with E-state index in [1.54, 1.807) is 0 Å². The third kappa shape index (κ3) is 1.60. The predicted molar refractivity (Wildman–Crippen MR) is 68.5 cm³/mol. The third-order valence-corrected chi connectivity index (χ3v) is 3.71. The summed E-state index contributed by atoms with van der Waals surface area (Å²) in [6.45, 7) is 3.88. The van der Waals surface area contributed by atoms with Crippen LogP contribution in [0.1, 0.15) is 25.3 Å². The molecule has 1 aliphatic carbocycles. The number of rotatable bonds is 2. The molecule has 0 aromatic carbocycles. The van der Waals surface area contributed by atoms with Crippen LogP contribution in [0.5, 0.6) is 0 Å². The van der Waals surface area contributed by atoms with Gasteiger partial charge < -0.3 is 10.3 Å². The molecule has 0 radical (unpaired) electrons. The molecule has 2 aromatic heterocycles. The monoisotopic (exact) mass is 228 g/mol. The molecule has 4 nitrogen and oxygen atoms in total. The van der Waals surface area contributed by atoms with E-state index in [0.717, 1.165) is 17.5 Å². The van der Waals surface area contributed by atoms with Crippen molar-refractivity contribution >= 4 is 16.9 Å². The summed E-state index contributed by atoms with van der Waals surface area (Å²) in [5, 5.41) is 0.953. The second-order valence-corrected chi connectivity index (χ2v) is 4.68. The van der Waals surface area contributed by atoms with Crippen LogP contribution in [0.15, 0.2) is 31.2 Å². The summed E-state index contributed by atoms with van der Waals surface area (Å²) >= 11 is 0. The molecule has 0 saturated heterocycles. The Hall–Kier alpha value is -1.84. The van der Waals surface area contributed by atoms with E-state index in [0.29, 0.717) is 17.8 Å². The summed E-state index contributed by atoms with van der Waals surface area (Å²) in [5.74, 6) is 1.20. The fraction of sp³-hybridized carbons (Fsp3) is 0.385. The second kappa shape index (κ2) is 3.87. The number of aromatic nitrogens is 3. The molecule has 0 bridgehead atoms. The van der Waals surface area contributed by atoms with Crippen molar-refractivity contribution in [3.63, 3.8) is 0 Å². The Morgan fingerprint density at radius 1 is 1.41 bits per heavy atom. The second-order valence-electron chi connectivity index (χ2n) is 4.68. The Morgan fingerprint density at radius 3 is 3.06 bits per heavy atom. The van der Waals surface area contributed by atoms with Crippen LogP contribution in [0.2, 0.25) is 0 Å². The summed E-state index contributed by atoms with van der Waals surface area (Å²) in [5.41, 5.74) is 6.79. The van der Waals surface area contributed by atoms with Crippen LogP contribution in [-0.2, 0) is 0 Å². The number of fused-ring (bicyclic) bond motifs is 1. The van der Waals surface area contributed by atoms with Crippen molar-refractivity contribution in [2.24, 2.45) is 5.92 Å². The van der Waals surface area contributed by atoms with Gasteiger partial charge >= 0.3 is 0 Å². The zero-order valence-electron chi connectivity index (χ0n) is 9.71. The van der Waals surface area contributed by atoms with Gasteiger partial charge in [-0.3, -0.25) is 0 Å². The maximum absolute atomic E-state index is 5.84. The molecule has 1 saturated carbocycles. The van der Waals surface area contributed by atoms with Crippen LogP contribution in [0.25, 0.3) is 11.0 Å². The van der Waals surface area contributed by atoms with Crippen LogP contribution >= 0.6 is 0 Å². The van der Waals surface area contributed by atoms with Crippen molar-refractivity contribution in [1.82, 2.24) is 14.5 Å². The summed E-state index contributed by atoms with van der Waals surface area (Å²) < 4.78 is 2.23. The van der Waals surface area contributed by atoms with E-state index in [1.165, 1.54) is 19.2 Å². The molecule has 2 unspecified atom stereocenters. The van der Waals surface area contributed by atoms with Gasteiger partial charge in [-0.25, -0.2) is 9.97 Å². The minimum absolute atomic E-state index is 0.518. The highest BCUT2D eigenvalue weighted by molar-refractivity contribution is 5.86. The van der Waals surface area contributed by atoms with E-state index in [1.807, 2.05) is 6.07 Å². The van der Waals surface area contributed by atoms with Gasteiger partial charge in [0.2, 0.25) is 0 Å². The SMILES string of the molecule is C=CC1CCC(n2ccc3c(N)ncnc32)C1. The van der Waals surface area contributed by atoms with E-state index in [9.17, 15) is 0 Å². The standard InChI is InChI=1S/C13H16N4/c1-2-9-3-4-10(7-9)17-6-5-11-12(14)15-8-16-13(11)17/h2,5-6,8-10H,1,3-4,7H2,(H2,14,15,16). The van der Waals surface area contributed by atoms with Crippen LogP contribution in [0.3, 0.4) is 0 Å². The van der Waals surface area contributed by atoms with Crippen molar-refractivity contribution < 1.29 is 0 Å². The lowest BCUT2D eigenvalue weighted by Gasteiger charge is -2.13. The fourth-order valence-electron chi connectivity index (χ4n) is 2.74. The molecule has 1 fully saturated rings. The van der Waals surface area contributed by atoms with Crippen molar-refractivity contribution in [3.05, 3.63) is 31.2 Å². The minimum atomic E-state index is 0.518.